The molecule has 4 nitrogen and oxygen atoms in total. The molecule has 0 aromatic rings. The Morgan fingerprint density at radius 2 is 2.17 bits per heavy atom. The molecule has 0 spiro atoms. The summed E-state index contributed by atoms with van der Waals surface area (Å²) < 4.78 is 39.3. The second kappa shape index (κ2) is 5.44. The van der Waals surface area contributed by atoms with Crippen LogP contribution < -0.4 is 5.32 Å². The molecule has 2 unspecified atom stereocenters. The summed E-state index contributed by atoms with van der Waals surface area (Å²) in [5.41, 5.74) is -2.31. The standard InChI is InChI=1S/C11H19F3N2O2/c1-8(17)3-6-16(2)9(18)10(11(12,13)14)4-5-15-7-10/h8,15,17H,3-7H2,1-2H3. The molecular formula is C11H19F3N2O2. The van der Waals surface area contributed by atoms with Crippen molar-refractivity contribution in [2.75, 3.05) is 26.7 Å². The van der Waals surface area contributed by atoms with Crippen LogP contribution in [0.25, 0.3) is 0 Å². The fourth-order valence-corrected chi connectivity index (χ4v) is 2.09. The number of amides is 1. The van der Waals surface area contributed by atoms with Crippen molar-refractivity contribution in [1.29, 1.82) is 0 Å². The number of carbonyl (C=O) groups excluding carboxylic acids is 1. The summed E-state index contributed by atoms with van der Waals surface area (Å²) in [6, 6.07) is 0. The van der Waals surface area contributed by atoms with Gasteiger partial charge in [-0.1, -0.05) is 0 Å². The first-order valence-electron chi connectivity index (χ1n) is 5.92. The minimum atomic E-state index is -4.55. The van der Waals surface area contributed by atoms with Gasteiger partial charge < -0.3 is 15.3 Å². The third-order valence-electron chi connectivity index (χ3n) is 3.34. The van der Waals surface area contributed by atoms with Gasteiger partial charge in [-0.25, -0.2) is 0 Å². The molecule has 1 saturated heterocycles. The van der Waals surface area contributed by atoms with E-state index in [0.717, 1.165) is 4.90 Å². The maximum absolute atomic E-state index is 13.1. The van der Waals surface area contributed by atoms with Crippen molar-refractivity contribution < 1.29 is 23.1 Å². The van der Waals surface area contributed by atoms with Crippen LogP contribution in [0, 0.1) is 5.41 Å². The maximum Gasteiger partial charge on any atom is 0.404 e. The van der Waals surface area contributed by atoms with Crippen LogP contribution >= 0.6 is 0 Å². The number of hydrogen-bond acceptors (Lipinski definition) is 3. The molecule has 0 aromatic carbocycles. The monoisotopic (exact) mass is 268 g/mol. The summed E-state index contributed by atoms with van der Waals surface area (Å²) >= 11 is 0. The smallest absolute Gasteiger partial charge is 0.393 e. The van der Waals surface area contributed by atoms with E-state index in [-0.39, 0.29) is 32.5 Å². The van der Waals surface area contributed by atoms with Gasteiger partial charge >= 0.3 is 6.18 Å². The number of nitrogens with one attached hydrogen (secondary N) is 1. The predicted octanol–water partition coefficient (Wildman–Crippen LogP) is 0.758. The summed E-state index contributed by atoms with van der Waals surface area (Å²) in [5, 5.41) is 11.7. The molecule has 0 saturated carbocycles. The van der Waals surface area contributed by atoms with E-state index in [0.29, 0.717) is 0 Å². The molecule has 1 aliphatic rings. The van der Waals surface area contributed by atoms with Gasteiger partial charge in [0.25, 0.3) is 0 Å². The molecule has 0 radical (unpaired) electrons. The molecule has 1 rings (SSSR count). The topological polar surface area (TPSA) is 52.6 Å². The van der Waals surface area contributed by atoms with Crippen LogP contribution in [0.2, 0.25) is 0 Å². The first-order valence-corrected chi connectivity index (χ1v) is 5.92. The maximum atomic E-state index is 13.1. The van der Waals surface area contributed by atoms with Crippen LogP contribution in [-0.4, -0.2) is 54.9 Å². The fourth-order valence-electron chi connectivity index (χ4n) is 2.09. The normalized spacial score (nSPS) is 26.1. The lowest BCUT2D eigenvalue weighted by Gasteiger charge is -2.33. The summed E-state index contributed by atoms with van der Waals surface area (Å²) in [6.45, 7) is 1.48. The van der Waals surface area contributed by atoms with Gasteiger partial charge in [-0.3, -0.25) is 4.79 Å². The molecule has 2 N–H and O–H groups in total. The number of aliphatic hydroxyl groups excluding tert-OH is 1. The highest BCUT2D eigenvalue weighted by molar-refractivity contribution is 5.84. The Morgan fingerprint density at radius 1 is 1.56 bits per heavy atom. The van der Waals surface area contributed by atoms with Crippen LogP contribution in [0.4, 0.5) is 13.2 Å². The first-order chi connectivity index (χ1) is 8.21. The van der Waals surface area contributed by atoms with Gasteiger partial charge in [0.2, 0.25) is 5.91 Å². The van der Waals surface area contributed by atoms with Crippen molar-refractivity contribution in [2.24, 2.45) is 5.41 Å². The number of rotatable bonds is 4. The summed E-state index contributed by atoms with van der Waals surface area (Å²) in [7, 11) is 1.34. The second-order valence-electron chi connectivity index (χ2n) is 4.87. The molecular weight excluding hydrogens is 249 g/mol. The van der Waals surface area contributed by atoms with Crippen LogP contribution in [-0.2, 0) is 4.79 Å². The van der Waals surface area contributed by atoms with Crippen molar-refractivity contribution in [2.45, 2.75) is 32.0 Å². The van der Waals surface area contributed by atoms with E-state index >= 15 is 0 Å². The lowest BCUT2D eigenvalue weighted by Crippen LogP contribution is -2.53. The Balaban J connectivity index is 2.78. The SMILES string of the molecule is CC(O)CCN(C)C(=O)C1(C(F)(F)F)CCNC1. The Hall–Kier alpha value is -0.820. The molecule has 1 fully saturated rings. The first kappa shape index (κ1) is 15.2. The van der Waals surface area contributed by atoms with Gasteiger partial charge in [0.05, 0.1) is 6.10 Å². The van der Waals surface area contributed by atoms with Crippen molar-refractivity contribution in [3.05, 3.63) is 0 Å². The van der Waals surface area contributed by atoms with Gasteiger partial charge in [0, 0.05) is 20.1 Å². The minimum absolute atomic E-state index is 0.119. The Bertz CT molecular complexity index is 299. The van der Waals surface area contributed by atoms with Crippen molar-refractivity contribution in [1.82, 2.24) is 10.2 Å². The molecule has 0 aliphatic carbocycles. The van der Waals surface area contributed by atoms with E-state index in [9.17, 15) is 18.0 Å². The van der Waals surface area contributed by atoms with Gasteiger partial charge in [0.15, 0.2) is 5.41 Å². The van der Waals surface area contributed by atoms with Crippen molar-refractivity contribution in [3.63, 3.8) is 0 Å². The van der Waals surface area contributed by atoms with E-state index in [4.69, 9.17) is 5.11 Å². The van der Waals surface area contributed by atoms with Crippen LogP contribution in [0.15, 0.2) is 0 Å². The van der Waals surface area contributed by atoms with Crippen molar-refractivity contribution in [3.8, 4) is 0 Å². The molecule has 1 heterocycles. The number of nitrogens with zero attached hydrogens (tertiary/aromatic N) is 1. The third kappa shape index (κ3) is 2.95. The van der Waals surface area contributed by atoms with Crippen LogP contribution in [0.5, 0.6) is 0 Å². The molecule has 7 heteroatoms. The highest BCUT2D eigenvalue weighted by Gasteiger charge is 2.62. The highest BCUT2D eigenvalue weighted by Crippen LogP contribution is 2.44. The number of hydrogen-bond donors (Lipinski definition) is 2. The summed E-state index contributed by atoms with van der Waals surface area (Å²) in [5.74, 6) is -0.916. The summed E-state index contributed by atoms with van der Waals surface area (Å²) in [4.78, 5) is 13.1. The van der Waals surface area contributed by atoms with Crippen LogP contribution in [0.1, 0.15) is 19.8 Å². The minimum Gasteiger partial charge on any atom is -0.393 e. The van der Waals surface area contributed by atoms with Gasteiger partial charge in [-0.05, 0) is 26.3 Å². The van der Waals surface area contributed by atoms with E-state index in [2.05, 4.69) is 5.32 Å². The molecule has 106 valence electrons. The fraction of sp³-hybridized carbons (Fsp3) is 0.909. The number of aliphatic hydroxyl groups is 1. The van der Waals surface area contributed by atoms with E-state index < -0.39 is 23.6 Å². The molecule has 0 bridgehead atoms. The predicted molar refractivity (Wildman–Crippen MR) is 59.9 cm³/mol. The van der Waals surface area contributed by atoms with Gasteiger partial charge in [-0.15, -0.1) is 0 Å². The number of halogens is 3. The largest absolute Gasteiger partial charge is 0.404 e. The highest BCUT2D eigenvalue weighted by atomic mass is 19.4. The average molecular weight is 268 g/mol. The molecule has 1 amide bonds. The zero-order chi connectivity index (χ0) is 14.0. The second-order valence-corrected chi connectivity index (χ2v) is 4.87. The Kier molecular flexibility index (Phi) is 4.61. The zero-order valence-corrected chi connectivity index (χ0v) is 10.5. The lowest BCUT2D eigenvalue weighted by molar-refractivity contribution is -0.221. The lowest BCUT2D eigenvalue weighted by atomic mass is 9.84. The third-order valence-corrected chi connectivity index (χ3v) is 3.34. The Labute approximate surface area is 104 Å². The molecule has 1 aliphatic heterocycles. The molecule has 18 heavy (non-hydrogen) atoms. The van der Waals surface area contributed by atoms with E-state index in [1.165, 1.54) is 14.0 Å². The molecule has 0 aromatic heterocycles. The zero-order valence-electron chi connectivity index (χ0n) is 10.5. The van der Waals surface area contributed by atoms with E-state index in [1.54, 1.807) is 0 Å². The Morgan fingerprint density at radius 3 is 2.56 bits per heavy atom. The van der Waals surface area contributed by atoms with E-state index in [1.807, 2.05) is 0 Å². The summed E-state index contributed by atoms with van der Waals surface area (Å²) in [6.07, 6.45) is -5.14. The van der Waals surface area contributed by atoms with Gasteiger partial charge in [0.1, 0.15) is 0 Å². The van der Waals surface area contributed by atoms with Crippen LogP contribution in [0.3, 0.4) is 0 Å². The van der Waals surface area contributed by atoms with Gasteiger partial charge in [-0.2, -0.15) is 13.2 Å². The van der Waals surface area contributed by atoms with Crippen molar-refractivity contribution >= 4 is 5.91 Å². The number of alkyl halides is 3. The number of carbonyl (C=O) groups is 1. The quantitative estimate of drug-likeness (QED) is 0.791. The molecule has 2 atom stereocenters. The average Bonchev–Trinajstić information content (AvgIpc) is 2.74.